The number of anilines is 1. The first-order valence-electron chi connectivity index (χ1n) is 8.55. The molecule has 0 saturated carbocycles. The molecule has 1 amide bonds. The topological polar surface area (TPSA) is 87.3 Å². The summed E-state index contributed by atoms with van der Waals surface area (Å²) in [6.45, 7) is 6.01. The predicted octanol–water partition coefficient (Wildman–Crippen LogP) is 2.05. The molecule has 7 heteroatoms. The van der Waals surface area contributed by atoms with Crippen LogP contribution in [0.4, 0.5) is 5.69 Å². The van der Waals surface area contributed by atoms with Crippen molar-refractivity contribution in [2.24, 2.45) is 5.92 Å². The molecule has 0 atom stereocenters. The average molecular weight is 373 g/mol. The Morgan fingerprint density at radius 1 is 1.12 bits per heavy atom. The summed E-state index contributed by atoms with van der Waals surface area (Å²) in [7, 11) is -3.77. The van der Waals surface area contributed by atoms with E-state index in [0.29, 0.717) is 23.7 Å². The largest absolute Gasteiger partial charge is 0.352 e. The van der Waals surface area contributed by atoms with Crippen molar-refractivity contribution < 1.29 is 13.2 Å². The minimum absolute atomic E-state index is 0.0711. The van der Waals surface area contributed by atoms with Crippen LogP contribution in [0, 0.1) is 19.8 Å². The third-order valence-electron chi connectivity index (χ3n) is 4.57. The van der Waals surface area contributed by atoms with Gasteiger partial charge in [0.1, 0.15) is 0 Å². The Morgan fingerprint density at radius 3 is 2.50 bits per heavy atom. The summed E-state index contributed by atoms with van der Waals surface area (Å²) in [4.78, 5) is 12.5. The molecule has 3 N–H and O–H groups in total. The maximum atomic E-state index is 12.7. The minimum atomic E-state index is -3.77. The van der Waals surface area contributed by atoms with Gasteiger partial charge in [0, 0.05) is 31.1 Å². The number of hydrogen-bond donors (Lipinski definition) is 3. The van der Waals surface area contributed by atoms with Crippen LogP contribution in [-0.2, 0) is 10.0 Å². The van der Waals surface area contributed by atoms with Gasteiger partial charge in [-0.3, -0.25) is 9.52 Å². The van der Waals surface area contributed by atoms with Crippen LogP contribution in [0.3, 0.4) is 0 Å². The van der Waals surface area contributed by atoms with E-state index in [9.17, 15) is 13.2 Å². The standard InChI is InChI=1S/C19H23N3O3S/c1-13-7-8-16(9-17(13)19(23)21-12-15-10-20-11-15)26(24,25)22-18-6-4-3-5-14(18)2/h3-9,15,20,22H,10-12H2,1-2H3,(H,21,23). The van der Waals surface area contributed by atoms with E-state index in [2.05, 4.69) is 15.4 Å². The molecular formula is C19H23N3O3S. The molecular weight excluding hydrogens is 350 g/mol. The van der Waals surface area contributed by atoms with Crippen LogP contribution in [0.25, 0.3) is 0 Å². The van der Waals surface area contributed by atoms with E-state index in [1.807, 2.05) is 19.1 Å². The van der Waals surface area contributed by atoms with E-state index in [1.165, 1.54) is 12.1 Å². The van der Waals surface area contributed by atoms with Gasteiger partial charge in [0.25, 0.3) is 15.9 Å². The zero-order valence-corrected chi connectivity index (χ0v) is 15.7. The Balaban J connectivity index is 1.81. The predicted molar refractivity (Wildman–Crippen MR) is 102 cm³/mol. The van der Waals surface area contributed by atoms with Crippen molar-refractivity contribution in [3.05, 3.63) is 59.2 Å². The number of carbonyl (C=O) groups excluding carboxylic acids is 1. The lowest BCUT2D eigenvalue weighted by Crippen LogP contribution is -2.48. The van der Waals surface area contributed by atoms with Crippen LogP contribution in [0.5, 0.6) is 0 Å². The fraction of sp³-hybridized carbons (Fsp3) is 0.316. The van der Waals surface area contributed by atoms with Crippen molar-refractivity contribution in [3.63, 3.8) is 0 Å². The van der Waals surface area contributed by atoms with Gasteiger partial charge in [0.2, 0.25) is 0 Å². The second kappa shape index (κ2) is 7.47. The molecule has 0 aromatic heterocycles. The number of amides is 1. The Bertz CT molecular complexity index is 921. The molecule has 26 heavy (non-hydrogen) atoms. The summed E-state index contributed by atoms with van der Waals surface area (Å²) in [6, 6.07) is 11.8. The number of sulfonamides is 1. The first-order valence-corrected chi connectivity index (χ1v) is 10.0. The molecule has 3 rings (SSSR count). The zero-order valence-electron chi connectivity index (χ0n) is 14.9. The second-order valence-electron chi connectivity index (χ2n) is 6.63. The van der Waals surface area contributed by atoms with Gasteiger partial charge >= 0.3 is 0 Å². The van der Waals surface area contributed by atoms with E-state index < -0.39 is 10.0 Å². The van der Waals surface area contributed by atoms with E-state index >= 15 is 0 Å². The molecule has 1 saturated heterocycles. The Labute approximate surface area is 154 Å². The van der Waals surface area contributed by atoms with Gasteiger partial charge in [0.05, 0.1) is 10.6 Å². The van der Waals surface area contributed by atoms with E-state index in [-0.39, 0.29) is 10.8 Å². The lowest BCUT2D eigenvalue weighted by Gasteiger charge is -2.27. The highest BCUT2D eigenvalue weighted by molar-refractivity contribution is 7.92. The van der Waals surface area contributed by atoms with Crippen molar-refractivity contribution >= 4 is 21.6 Å². The highest BCUT2D eigenvalue weighted by atomic mass is 32.2. The van der Waals surface area contributed by atoms with E-state index in [4.69, 9.17) is 0 Å². The van der Waals surface area contributed by atoms with Crippen LogP contribution in [0.1, 0.15) is 21.5 Å². The van der Waals surface area contributed by atoms with Crippen molar-refractivity contribution in [1.82, 2.24) is 10.6 Å². The SMILES string of the molecule is Cc1ccccc1NS(=O)(=O)c1ccc(C)c(C(=O)NCC2CNC2)c1. The van der Waals surface area contributed by atoms with Crippen LogP contribution < -0.4 is 15.4 Å². The van der Waals surface area contributed by atoms with Crippen molar-refractivity contribution in [2.45, 2.75) is 18.7 Å². The molecule has 2 aromatic rings. The van der Waals surface area contributed by atoms with Crippen LogP contribution >= 0.6 is 0 Å². The van der Waals surface area contributed by atoms with Gasteiger partial charge < -0.3 is 10.6 Å². The third kappa shape index (κ3) is 4.05. The smallest absolute Gasteiger partial charge is 0.261 e. The van der Waals surface area contributed by atoms with Gasteiger partial charge in [-0.25, -0.2) is 8.42 Å². The zero-order chi connectivity index (χ0) is 18.7. The maximum absolute atomic E-state index is 12.7. The van der Waals surface area contributed by atoms with Crippen LogP contribution in [0.2, 0.25) is 0 Å². The van der Waals surface area contributed by atoms with E-state index in [0.717, 1.165) is 24.2 Å². The van der Waals surface area contributed by atoms with Gasteiger partial charge in [-0.05, 0) is 43.2 Å². The number of carbonyl (C=O) groups is 1. The lowest BCUT2D eigenvalue weighted by molar-refractivity contribution is 0.0941. The summed E-state index contributed by atoms with van der Waals surface area (Å²) in [6.07, 6.45) is 0. The highest BCUT2D eigenvalue weighted by Gasteiger charge is 2.21. The molecule has 1 heterocycles. The fourth-order valence-electron chi connectivity index (χ4n) is 2.73. The first-order chi connectivity index (χ1) is 12.4. The molecule has 2 aromatic carbocycles. The molecule has 6 nitrogen and oxygen atoms in total. The van der Waals surface area contributed by atoms with Gasteiger partial charge in [0.15, 0.2) is 0 Å². The molecule has 0 spiro atoms. The monoisotopic (exact) mass is 373 g/mol. The summed E-state index contributed by atoms with van der Waals surface area (Å²) in [5.74, 6) is 0.191. The molecule has 0 radical (unpaired) electrons. The summed E-state index contributed by atoms with van der Waals surface area (Å²) >= 11 is 0. The molecule has 0 unspecified atom stereocenters. The highest BCUT2D eigenvalue weighted by Crippen LogP contribution is 2.21. The quantitative estimate of drug-likeness (QED) is 0.723. The molecule has 138 valence electrons. The molecule has 1 fully saturated rings. The third-order valence-corrected chi connectivity index (χ3v) is 5.93. The van der Waals surface area contributed by atoms with Crippen molar-refractivity contribution in [2.75, 3.05) is 24.4 Å². The molecule has 0 bridgehead atoms. The first kappa shape index (κ1) is 18.4. The molecule has 1 aliphatic rings. The van der Waals surface area contributed by atoms with Crippen LogP contribution in [0.15, 0.2) is 47.4 Å². The molecule has 1 aliphatic heterocycles. The number of hydrogen-bond acceptors (Lipinski definition) is 4. The summed E-state index contributed by atoms with van der Waals surface area (Å²) in [5.41, 5.74) is 2.47. The fourth-order valence-corrected chi connectivity index (χ4v) is 3.89. The Kier molecular flexibility index (Phi) is 5.29. The van der Waals surface area contributed by atoms with Gasteiger partial charge in [-0.2, -0.15) is 0 Å². The Morgan fingerprint density at radius 2 is 1.85 bits per heavy atom. The number of para-hydroxylation sites is 1. The number of rotatable bonds is 6. The van der Waals surface area contributed by atoms with E-state index in [1.54, 1.807) is 25.1 Å². The number of aryl methyl sites for hydroxylation is 2. The Hall–Kier alpha value is -2.38. The number of benzene rings is 2. The van der Waals surface area contributed by atoms with Gasteiger partial charge in [-0.15, -0.1) is 0 Å². The van der Waals surface area contributed by atoms with Crippen LogP contribution in [-0.4, -0.2) is 34.0 Å². The maximum Gasteiger partial charge on any atom is 0.261 e. The molecule has 0 aliphatic carbocycles. The number of nitrogens with one attached hydrogen (secondary N) is 3. The second-order valence-corrected chi connectivity index (χ2v) is 8.31. The summed E-state index contributed by atoms with van der Waals surface area (Å²) in [5, 5.41) is 6.04. The summed E-state index contributed by atoms with van der Waals surface area (Å²) < 4.78 is 28.0. The lowest BCUT2D eigenvalue weighted by atomic mass is 10.0. The normalized spacial score (nSPS) is 14.5. The minimum Gasteiger partial charge on any atom is -0.352 e. The average Bonchev–Trinajstić information content (AvgIpc) is 2.55. The van der Waals surface area contributed by atoms with Crippen molar-refractivity contribution in [3.8, 4) is 0 Å². The van der Waals surface area contributed by atoms with Crippen molar-refractivity contribution in [1.29, 1.82) is 0 Å². The van der Waals surface area contributed by atoms with Gasteiger partial charge in [-0.1, -0.05) is 24.3 Å².